The molecule has 0 spiro atoms. The Morgan fingerprint density at radius 3 is 2.46 bits per heavy atom. The molecule has 0 unspecified atom stereocenters. The van der Waals surface area contributed by atoms with Gasteiger partial charge in [0.05, 0.1) is 4.92 Å². The van der Waals surface area contributed by atoms with E-state index in [1.807, 2.05) is 0 Å². The van der Waals surface area contributed by atoms with Crippen molar-refractivity contribution in [3.8, 4) is 12.3 Å². The highest BCUT2D eigenvalue weighted by molar-refractivity contribution is 5.50. The molecule has 3 nitrogen and oxygen atoms in total. The smallest absolute Gasteiger partial charge is 0.235 e. The van der Waals surface area contributed by atoms with E-state index in [2.05, 4.69) is 5.92 Å². The fraction of sp³-hybridized carbons (Fsp3) is 0. The van der Waals surface area contributed by atoms with Gasteiger partial charge in [-0.15, -0.1) is 6.42 Å². The first-order valence-corrected chi connectivity index (χ1v) is 3.61. The fourth-order valence-corrected chi connectivity index (χ4v) is 0.837. The molecule has 0 amide bonds. The summed E-state index contributed by atoms with van der Waals surface area (Å²) < 4.78 is 0. The molecule has 64 valence electrons. The van der Waals surface area contributed by atoms with Crippen LogP contribution in [0.3, 0.4) is 0 Å². The molecule has 13 heavy (non-hydrogen) atoms. The highest BCUT2D eigenvalue weighted by Gasteiger charge is 1.90. The van der Waals surface area contributed by atoms with Gasteiger partial charge in [0, 0.05) is 11.6 Å². The van der Waals surface area contributed by atoms with Crippen LogP contribution >= 0.6 is 0 Å². The second-order valence-corrected chi connectivity index (χ2v) is 2.37. The quantitative estimate of drug-likeness (QED) is 0.389. The molecular formula is C10H7NO2. The molecule has 0 bridgehead atoms. The molecule has 0 aromatic heterocycles. The van der Waals surface area contributed by atoms with Gasteiger partial charge in [0.25, 0.3) is 0 Å². The van der Waals surface area contributed by atoms with Crippen LogP contribution in [0.1, 0.15) is 11.1 Å². The molecule has 0 saturated carbocycles. The molecule has 0 saturated heterocycles. The van der Waals surface area contributed by atoms with Crippen molar-refractivity contribution in [2.24, 2.45) is 0 Å². The van der Waals surface area contributed by atoms with Gasteiger partial charge in [0.15, 0.2) is 0 Å². The number of hydrogen-bond donors (Lipinski definition) is 0. The topological polar surface area (TPSA) is 43.1 Å². The van der Waals surface area contributed by atoms with E-state index in [1.54, 1.807) is 24.3 Å². The van der Waals surface area contributed by atoms with Crippen LogP contribution in [0.5, 0.6) is 0 Å². The molecule has 0 heterocycles. The zero-order valence-corrected chi connectivity index (χ0v) is 6.81. The lowest BCUT2D eigenvalue weighted by Crippen LogP contribution is -1.82. The summed E-state index contributed by atoms with van der Waals surface area (Å²) in [5, 5.41) is 9.98. The van der Waals surface area contributed by atoms with Gasteiger partial charge in [0.1, 0.15) is 0 Å². The first kappa shape index (κ1) is 9.01. The van der Waals surface area contributed by atoms with Crippen molar-refractivity contribution in [3.05, 3.63) is 51.7 Å². The van der Waals surface area contributed by atoms with Crippen molar-refractivity contribution in [1.29, 1.82) is 0 Å². The predicted molar refractivity (Wildman–Crippen MR) is 50.4 cm³/mol. The Bertz CT molecular complexity index is 371. The summed E-state index contributed by atoms with van der Waals surface area (Å²) in [4.78, 5) is 9.48. The Morgan fingerprint density at radius 2 is 2.00 bits per heavy atom. The van der Waals surface area contributed by atoms with Gasteiger partial charge >= 0.3 is 0 Å². The lowest BCUT2D eigenvalue weighted by Gasteiger charge is -1.91. The van der Waals surface area contributed by atoms with Crippen molar-refractivity contribution in [2.75, 3.05) is 0 Å². The van der Waals surface area contributed by atoms with Crippen molar-refractivity contribution in [2.45, 2.75) is 0 Å². The Morgan fingerprint density at radius 1 is 1.38 bits per heavy atom. The van der Waals surface area contributed by atoms with Gasteiger partial charge in [-0.05, 0) is 17.7 Å². The Hall–Kier alpha value is -2.08. The first-order valence-electron chi connectivity index (χ1n) is 3.61. The van der Waals surface area contributed by atoms with Crippen molar-refractivity contribution in [1.82, 2.24) is 0 Å². The fourth-order valence-electron chi connectivity index (χ4n) is 0.837. The molecule has 0 atom stereocenters. The molecule has 0 N–H and O–H groups in total. The normalized spacial score (nSPS) is 9.77. The van der Waals surface area contributed by atoms with E-state index in [9.17, 15) is 10.1 Å². The number of rotatable bonds is 2. The van der Waals surface area contributed by atoms with Gasteiger partial charge in [-0.25, -0.2) is 0 Å². The SMILES string of the molecule is C#Cc1ccc(/C=C/[N+](=O)[O-])cc1. The molecule has 0 aliphatic rings. The number of hydrogen-bond acceptors (Lipinski definition) is 2. The highest BCUT2D eigenvalue weighted by atomic mass is 16.6. The van der Waals surface area contributed by atoms with Gasteiger partial charge < -0.3 is 0 Å². The number of nitrogens with zero attached hydrogens (tertiary/aromatic N) is 1. The average molecular weight is 173 g/mol. The molecule has 0 fully saturated rings. The molecular weight excluding hydrogens is 166 g/mol. The van der Waals surface area contributed by atoms with Crippen LogP contribution in [-0.4, -0.2) is 4.92 Å². The first-order chi connectivity index (χ1) is 6.22. The van der Waals surface area contributed by atoms with Crippen LogP contribution in [0, 0.1) is 22.5 Å². The van der Waals surface area contributed by atoms with Crippen LogP contribution in [0.4, 0.5) is 0 Å². The molecule has 3 heteroatoms. The summed E-state index contributed by atoms with van der Waals surface area (Å²) in [7, 11) is 0. The standard InChI is InChI=1S/C10H7NO2/c1-2-9-3-5-10(6-4-9)7-8-11(12)13/h1,3-8H/b8-7+. The lowest BCUT2D eigenvalue weighted by atomic mass is 10.1. The van der Waals surface area contributed by atoms with Crippen LogP contribution < -0.4 is 0 Å². The van der Waals surface area contributed by atoms with Crippen LogP contribution in [-0.2, 0) is 0 Å². The van der Waals surface area contributed by atoms with E-state index >= 15 is 0 Å². The van der Waals surface area contributed by atoms with E-state index in [-0.39, 0.29) is 0 Å². The van der Waals surface area contributed by atoms with Crippen LogP contribution in [0.2, 0.25) is 0 Å². The monoisotopic (exact) mass is 173 g/mol. The van der Waals surface area contributed by atoms with Crippen molar-refractivity contribution < 1.29 is 4.92 Å². The maximum absolute atomic E-state index is 9.98. The number of nitro groups is 1. The highest BCUT2D eigenvalue weighted by Crippen LogP contribution is 2.04. The minimum Gasteiger partial charge on any atom is -0.259 e. The maximum atomic E-state index is 9.98. The van der Waals surface area contributed by atoms with E-state index in [1.165, 1.54) is 6.08 Å². The molecule has 1 aromatic carbocycles. The van der Waals surface area contributed by atoms with Gasteiger partial charge in [-0.3, -0.25) is 10.1 Å². The van der Waals surface area contributed by atoms with Crippen LogP contribution in [0.15, 0.2) is 30.5 Å². The van der Waals surface area contributed by atoms with Crippen molar-refractivity contribution >= 4 is 6.08 Å². The summed E-state index contributed by atoms with van der Waals surface area (Å²) in [5.74, 6) is 2.46. The van der Waals surface area contributed by atoms with E-state index < -0.39 is 4.92 Å². The predicted octanol–water partition coefficient (Wildman–Crippen LogP) is 1.92. The van der Waals surface area contributed by atoms with E-state index in [4.69, 9.17) is 6.42 Å². The summed E-state index contributed by atoms with van der Waals surface area (Å²) >= 11 is 0. The molecule has 0 aliphatic heterocycles. The molecule has 0 radical (unpaired) electrons. The maximum Gasteiger partial charge on any atom is 0.235 e. The van der Waals surface area contributed by atoms with Crippen LogP contribution in [0.25, 0.3) is 6.08 Å². The largest absolute Gasteiger partial charge is 0.259 e. The van der Waals surface area contributed by atoms with Gasteiger partial charge in [0.2, 0.25) is 6.20 Å². The van der Waals surface area contributed by atoms with E-state index in [0.717, 1.165) is 17.3 Å². The third-order valence-corrected chi connectivity index (χ3v) is 1.47. The summed E-state index contributed by atoms with van der Waals surface area (Å²) in [6.45, 7) is 0. The lowest BCUT2D eigenvalue weighted by molar-refractivity contribution is -0.400. The second-order valence-electron chi connectivity index (χ2n) is 2.37. The minimum atomic E-state index is -0.505. The summed E-state index contributed by atoms with van der Waals surface area (Å²) in [5.41, 5.74) is 1.52. The molecule has 1 aromatic rings. The Labute approximate surface area is 75.9 Å². The number of terminal acetylenes is 1. The minimum absolute atomic E-state index is 0.505. The zero-order valence-electron chi connectivity index (χ0n) is 6.81. The summed E-state index contributed by atoms with van der Waals surface area (Å²) in [6.07, 6.45) is 7.46. The summed E-state index contributed by atoms with van der Waals surface area (Å²) in [6, 6.07) is 6.93. The second kappa shape index (κ2) is 4.07. The Kier molecular flexibility index (Phi) is 2.82. The zero-order chi connectivity index (χ0) is 9.68. The van der Waals surface area contributed by atoms with Crippen molar-refractivity contribution in [3.63, 3.8) is 0 Å². The third kappa shape index (κ3) is 2.80. The average Bonchev–Trinajstić information content (AvgIpc) is 2.15. The molecule has 1 rings (SSSR count). The van der Waals surface area contributed by atoms with Gasteiger partial charge in [-0.2, -0.15) is 0 Å². The molecule has 0 aliphatic carbocycles. The number of benzene rings is 1. The van der Waals surface area contributed by atoms with Gasteiger partial charge in [-0.1, -0.05) is 18.1 Å². The Balaban J connectivity index is 2.82. The van der Waals surface area contributed by atoms with E-state index in [0.29, 0.717) is 0 Å². The third-order valence-electron chi connectivity index (χ3n) is 1.47.